The zero-order valence-corrected chi connectivity index (χ0v) is 11.8. The Balaban J connectivity index is 2.07. The molecule has 0 atom stereocenters. The number of rotatable bonds is 4. The van der Waals surface area contributed by atoms with Crippen LogP contribution in [0.1, 0.15) is 15.2 Å². The smallest absolute Gasteiger partial charge is 0.410 e. The minimum atomic E-state index is -1.25. The molecular weight excluding hydrogens is 306 g/mol. The molecule has 22 heavy (non-hydrogen) atoms. The molecule has 0 aromatic carbocycles. The average Bonchev–Trinajstić information content (AvgIpc) is 3.15. The molecule has 3 aromatic heterocycles. The molecule has 110 valence electrons. The Morgan fingerprint density at radius 3 is 2.77 bits per heavy atom. The van der Waals surface area contributed by atoms with Crippen molar-refractivity contribution in [3.8, 4) is 11.5 Å². The van der Waals surface area contributed by atoms with Crippen molar-refractivity contribution < 1.29 is 19.1 Å². The Hall–Kier alpha value is -3.00. The van der Waals surface area contributed by atoms with Crippen LogP contribution in [-0.2, 0) is 0 Å². The molecule has 0 saturated heterocycles. The molecule has 7 nitrogen and oxygen atoms in total. The lowest BCUT2D eigenvalue weighted by Gasteiger charge is -1.99. The summed E-state index contributed by atoms with van der Waals surface area (Å²) in [4.78, 5) is 31.7. The van der Waals surface area contributed by atoms with Crippen LogP contribution >= 0.6 is 11.3 Å². The third kappa shape index (κ3) is 2.72. The summed E-state index contributed by atoms with van der Waals surface area (Å²) in [5.41, 5.74) is 0.688. The van der Waals surface area contributed by atoms with E-state index in [-0.39, 0.29) is 15.8 Å². The quantitative estimate of drug-likeness (QED) is 0.717. The molecule has 0 fully saturated rings. The Labute approximate surface area is 128 Å². The number of furan rings is 1. The van der Waals surface area contributed by atoms with E-state index in [9.17, 15) is 9.59 Å². The van der Waals surface area contributed by atoms with Gasteiger partial charge < -0.3 is 9.52 Å². The predicted octanol–water partition coefficient (Wildman–Crippen LogP) is 3.12. The summed E-state index contributed by atoms with van der Waals surface area (Å²) in [5, 5.41) is 11.0. The lowest BCUT2D eigenvalue weighted by Crippen LogP contribution is -2.06. The van der Waals surface area contributed by atoms with Crippen LogP contribution in [0.3, 0.4) is 0 Å². The fourth-order valence-corrected chi connectivity index (χ4v) is 2.75. The van der Waals surface area contributed by atoms with Gasteiger partial charge in [0.2, 0.25) is 5.78 Å². The summed E-state index contributed by atoms with van der Waals surface area (Å²) in [5.74, 6) is 0.0948. The topological polar surface area (TPSA) is 105 Å². The first-order valence-corrected chi connectivity index (χ1v) is 6.96. The molecule has 0 saturated carbocycles. The maximum atomic E-state index is 12.6. The monoisotopic (exact) mass is 315 g/mol. The van der Waals surface area contributed by atoms with Gasteiger partial charge in [-0.3, -0.25) is 15.1 Å². The molecule has 2 N–H and O–H groups in total. The summed E-state index contributed by atoms with van der Waals surface area (Å²) in [6.45, 7) is 0. The van der Waals surface area contributed by atoms with E-state index in [2.05, 4.69) is 15.3 Å². The molecule has 3 heterocycles. The fourth-order valence-electron chi connectivity index (χ4n) is 1.83. The number of aromatic nitrogens is 2. The van der Waals surface area contributed by atoms with E-state index in [0.717, 1.165) is 11.3 Å². The summed E-state index contributed by atoms with van der Waals surface area (Å²) >= 11 is 0.949. The molecular formula is C14H9N3O4S. The second-order valence-electron chi connectivity index (χ2n) is 4.18. The lowest BCUT2D eigenvalue weighted by molar-refractivity contribution is 0.104. The number of anilines is 1. The lowest BCUT2D eigenvalue weighted by atomic mass is 10.1. The van der Waals surface area contributed by atoms with E-state index < -0.39 is 6.09 Å². The second-order valence-corrected chi connectivity index (χ2v) is 5.17. The highest BCUT2D eigenvalue weighted by Gasteiger charge is 2.23. The number of hydrogen-bond donors (Lipinski definition) is 2. The van der Waals surface area contributed by atoms with Crippen molar-refractivity contribution in [1.82, 2.24) is 9.97 Å². The van der Waals surface area contributed by atoms with Gasteiger partial charge in [0.05, 0.1) is 6.26 Å². The Morgan fingerprint density at radius 2 is 2.14 bits per heavy atom. The van der Waals surface area contributed by atoms with Crippen LogP contribution in [0.2, 0.25) is 0 Å². The van der Waals surface area contributed by atoms with Crippen LogP contribution in [0, 0.1) is 0 Å². The fraction of sp³-hybridized carbons (Fsp3) is 0. The maximum Gasteiger partial charge on any atom is 0.410 e. The normalized spacial score (nSPS) is 10.4. The molecule has 0 unspecified atom stereocenters. The van der Waals surface area contributed by atoms with E-state index in [1.165, 1.54) is 12.5 Å². The summed E-state index contributed by atoms with van der Waals surface area (Å²) in [6.07, 6.45) is 3.21. The molecule has 0 bridgehead atoms. The first-order valence-electron chi connectivity index (χ1n) is 6.14. The molecule has 0 aliphatic rings. The van der Waals surface area contributed by atoms with Crippen LogP contribution in [0.25, 0.3) is 11.5 Å². The van der Waals surface area contributed by atoms with Gasteiger partial charge in [0.25, 0.3) is 0 Å². The van der Waals surface area contributed by atoms with Gasteiger partial charge in [0, 0.05) is 18.0 Å². The van der Waals surface area contributed by atoms with Gasteiger partial charge >= 0.3 is 6.09 Å². The van der Waals surface area contributed by atoms with Gasteiger partial charge in [-0.25, -0.2) is 9.78 Å². The van der Waals surface area contributed by atoms with Crippen LogP contribution in [0.5, 0.6) is 0 Å². The number of carbonyl (C=O) groups excluding carboxylic acids is 1. The zero-order valence-electron chi connectivity index (χ0n) is 11.0. The van der Waals surface area contributed by atoms with Gasteiger partial charge in [0.1, 0.15) is 10.6 Å². The minimum Gasteiger partial charge on any atom is -0.465 e. The highest BCUT2D eigenvalue weighted by atomic mass is 32.1. The van der Waals surface area contributed by atoms with E-state index in [1.807, 2.05) is 0 Å². The molecule has 0 aliphatic heterocycles. The number of hydrogen-bond acceptors (Lipinski definition) is 6. The highest BCUT2D eigenvalue weighted by Crippen LogP contribution is 2.33. The number of nitrogens with one attached hydrogen (secondary N) is 1. The predicted molar refractivity (Wildman–Crippen MR) is 79.1 cm³/mol. The van der Waals surface area contributed by atoms with E-state index in [4.69, 9.17) is 9.52 Å². The Bertz CT molecular complexity index is 812. The third-order valence-electron chi connectivity index (χ3n) is 2.73. The van der Waals surface area contributed by atoms with Crippen molar-refractivity contribution in [2.75, 3.05) is 5.32 Å². The zero-order chi connectivity index (χ0) is 15.5. The standard InChI is InChI=1S/C14H9N3O4S/c18-11(8-3-1-5-15-7-8)12-10(9-4-2-6-21-9)16-13(22-12)17-14(19)20/h1-7H,(H,16,17)(H,19,20). The van der Waals surface area contributed by atoms with Gasteiger partial charge in [0.15, 0.2) is 10.9 Å². The molecule has 3 aromatic rings. The first-order chi connectivity index (χ1) is 10.6. The largest absolute Gasteiger partial charge is 0.465 e. The summed E-state index contributed by atoms with van der Waals surface area (Å²) < 4.78 is 5.27. The number of thiazole rings is 1. The van der Waals surface area contributed by atoms with Gasteiger partial charge in [-0.2, -0.15) is 0 Å². The Kier molecular flexibility index (Phi) is 3.67. The van der Waals surface area contributed by atoms with Crippen LogP contribution in [0.15, 0.2) is 47.3 Å². The summed E-state index contributed by atoms with van der Waals surface area (Å²) in [7, 11) is 0. The molecule has 0 spiro atoms. The first kappa shape index (κ1) is 14.0. The van der Waals surface area contributed by atoms with Crippen molar-refractivity contribution in [1.29, 1.82) is 0 Å². The maximum absolute atomic E-state index is 12.6. The third-order valence-corrected chi connectivity index (χ3v) is 3.70. The van der Waals surface area contributed by atoms with Crippen molar-refractivity contribution >= 4 is 28.3 Å². The van der Waals surface area contributed by atoms with Crippen molar-refractivity contribution in [3.05, 3.63) is 53.4 Å². The molecule has 0 radical (unpaired) electrons. The van der Waals surface area contributed by atoms with Crippen LogP contribution in [0.4, 0.5) is 9.93 Å². The number of pyridine rings is 1. The van der Waals surface area contributed by atoms with Crippen molar-refractivity contribution in [2.24, 2.45) is 0 Å². The number of amides is 1. The molecule has 0 aliphatic carbocycles. The number of carbonyl (C=O) groups is 2. The van der Waals surface area contributed by atoms with Crippen LogP contribution in [-0.4, -0.2) is 27.0 Å². The number of ketones is 1. The highest BCUT2D eigenvalue weighted by molar-refractivity contribution is 7.18. The van der Waals surface area contributed by atoms with E-state index in [1.54, 1.807) is 30.5 Å². The average molecular weight is 315 g/mol. The van der Waals surface area contributed by atoms with Gasteiger partial charge in [-0.05, 0) is 24.3 Å². The van der Waals surface area contributed by atoms with Crippen molar-refractivity contribution in [3.63, 3.8) is 0 Å². The molecule has 8 heteroatoms. The van der Waals surface area contributed by atoms with E-state index in [0.29, 0.717) is 17.0 Å². The van der Waals surface area contributed by atoms with Gasteiger partial charge in [-0.15, -0.1) is 0 Å². The second kappa shape index (κ2) is 5.78. The molecule has 3 rings (SSSR count). The van der Waals surface area contributed by atoms with Crippen LogP contribution < -0.4 is 5.32 Å². The molecule has 1 amide bonds. The Morgan fingerprint density at radius 1 is 1.27 bits per heavy atom. The van der Waals surface area contributed by atoms with E-state index >= 15 is 0 Å². The number of nitrogens with zero attached hydrogens (tertiary/aromatic N) is 2. The minimum absolute atomic E-state index is 0.103. The SMILES string of the molecule is O=C(O)Nc1nc(-c2ccco2)c(C(=O)c2cccnc2)s1. The number of carboxylic acid groups (broad SMARTS) is 1. The summed E-state index contributed by atoms with van der Waals surface area (Å²) in [6, 6.07) is 6.60. The van der Waals surface area contributed by atoms with Crippen molar-refractivity contribution in [2.45, 2.75) is 0 Å². The van der Waals surface area contributed by atoms with Gasteiger partial charge in [-0.1, -0.05) is 11.3 Å².